The predicted molar refractivity (Wildman–Crippen MR) is 156 cm³/mol. The average molecular weight is 621 g/mol. The van der Waals surface area contributed by atoms with E-state index in [1.165, 1.54) is 6.20 Å². The van der Waals surface area contributed by atoms with Crippen LogP contribution in [0.2, 0.25) is 0 Å². The molecule has 4 rings (SSSR count). The van der Waals surface area contributed by atoms with Crippen molar-refractivity contribution in [3.8, 4) is 17.0 Å². The van der Waals surface area contributed by atoms with E-state index in [1.54, 1.807) is 26.1 Å². The molecule has 2 heterocycles. The number of carbonyl (C=O) groups excluding carboxylic acids is 1. The molecule has 1 fully saturated rings. The van der Waals surface area contributed by atoms with E-state index >= 15 is 0 Å². The molecular weight excluding hydrogens is 585 g/mol. The third-order valence-corrected chi connectivity index (χ3v) is 8.11. The summed E-state index contributed by atoms with van der Waals surface area (Å²) in [5, 5.41) is 2.74. The van der Waals surface area contributed by atoms with Gasteiger partial charge >= 0.3 is 0 Å². The van der Waals surface area contributed by atoms with Crippen LogP contribution >= 0.6 is 0 Å². The molecule has 9 nitrogen and oxygen atoms in total. The number of hydrogen-bond acceptors (Lipinski definition) is 8. The number of nitrogens with one attached hydrogen (secondary N) is 1. The number of nitrogens with two attached hydrogens (primary N) is 1. The number of rotatable bonds is 10. The van der Waals surface area contributed by atoms with Crippen LogP contribution in [0.5, 0.6) is 5.75 Å². The maximum absolute atomic E-state index is 14.9. The Morgan fingerprint density at radius 2 is 1.81 bits per heavy atom. The van der Waals surface area contributed by atoms with Gasteiger partial charge < -0.3 is 20.5 Å². The number of hydrogen-bond donors (Lipinski definition) is 2. The molecule has 43 heavy (non-hydrogen) atoms. The highest BCUT2D eigenvalue weighted by Crippen LogP contribution is 2.40. The molecule has 0 aliphatic heterocycles. The first-order valence-corrected chi connectivity index (χ1v) is 15.9. The Balaban J connectivity index is 1.53. The maximum atomic E-state index is 14.9. The highest BCUT2D eigenvalue weighted by Gasteiger charge is 2.36. The standard InChI is InChI=1S/C30H35F3N4O5S/c1-16(2)42-19-13-22(32)27(23(33)14-19)28-21(31)5-6-25(36-28)30(38)37-26-15-35-8-7-20(26)18-11-17(3)29(24(34)12-18)41-9-10-43(4,39)40/h5-8,13-18,24,29H,9-12,34H2,1-4H3,(H,37,38)/t17-,18+,24+,29-/m0/s1. The van der Waals surface area contributed by atoms with E-state index in [0.29, 0.717) is 18.5 Å². The maximum Gasteiger partial charge on any atom is 0.274 e. The van der Waals surface area contributed by atoms with Crippen molar-refractivity contribution in [2.45, 2.75) is 57.8 Å². The number of aromatic nitrogens is 2. The van der Waals surface area contributed by atoms with Gasteiger partial charge in [-0.2, -0.15) is 0 Å². The van der Waals surface area contributed by atoms with Crippen LogP contribution in [0.4, 0.5) is 18.9 Å². The summed E-state index contributed by atoms with van der Waals surface area (Å²) in [7, 11) is -3.17. The van der Waals surface area contributed by atoms with Crippen LogP contribution in [0.1, 0.15) is 55.6 Å². The van der Waals surface area contributed by atoms with Crippen LogP contribution < -0.4 is 15.8 Å². The van der Waals surface area contributed by atoms with E-state index < -0.39 is 44.5 Å². The number of halogens is 3. The minimum atomic E-state index is -3.17. The van der Waals surface area contributed by atoms with E-state index in [-0.39, 0.29) is 53.9 Å². The molecule has 1 aliphatic carbocycles. The molecular formula is C30H35F3N4O5S. The van der Waals surface area contributed by atoms with Crippen LogP contribution in [0.3, 0.4) is 0 Å². The smallest absolute Gasteiger partial charge is 0.274 e. The number of carbonyl (C=O) groups is 1. The average Bonchev–Trinajstić information content (AvgIpc) is 2.90. The Kier molecular flexibility index (Phi) is 10.1. The van der Waals surface area contributed by atoms with Crippen LogP contribution in [0.15, 0.2) is 42.7 Å². The first-order valence-electron chi connectivity index (χ1n) is 13.9. The number of nitrogens with zero attached hydrogens (tertiary/aromatic N) is 2. The van der Waals surface area contributed by atoms with Crippen molar-refractivity contribution in [2.75, 3.05) is 23.9 Å². The van der Waals surface area contributed by atoms with Gasteiger partial charge in [0, 0.05) is 30.6 Å². The number of amides is 1. The zero-order chi connectivity index (χ0) is 31.5. The molecule has 4 atom stereocenters. The van der Waals surface area contributed by atoms with Gasteiger partial charge in [0.25, 0.3) is 5.91 Å². The summed E-state index contributed by atoms with van der Waals surface area (Å²) in [4.78, 5) is 21.3. The Morgan fingerprint density at radius 1 is 1.12 bits per heavy atom. The first-order chi connectivity index (χ1) is 20.2. The third-order valence-electron chi connectivity index (χ3n) is 7.21. The molecule has 0 spiro atoms. The Labute approximate surface area is 248 Å². The largest absolute Gasteiger partial charge is 0.491 e. The fourth-order valence-corrected chi connectivity index (χ4v) is 5.75. The van der Waals surface area contributed by atoms with Crippen molar-refractivity contribution in [1.29, 1.82) is 0 Å². The second-order valence-electron chi connectivity index (χ2n) is 11.1. The molecule has 1 saturated carbocycles. The summed E-state index contributed by atoms with van der Waals surface area (Å²) in [5.74, 6) is -4.15. The molecule has 0 radical (unpaired) electrons. The summed E-state index contributed by atoms with van der Waals surface area (Å²) in [6, 6.07) is 5.29. The molecule has 1 amide bonds. The zero-order valence-electron chi connectivity index (χ0n) is 24.3. The summed E-state index contributed by atoms with van der Waals surface area (Å²) in [6.07, 6.45) is 4.70. The molecule has 1 aromatic carbocycles. The van der Waals surface area contributed by atoms with E-state index in [1.807, 2.05) is 6.92 Å². The van der Waals surface area contributed by atoms with Gasteiger partial charge in [-0.25, -0.2) is 26.6 Å². The van der Waals surface area contributed by atoms with Gasteiger partial charge in [-0.3, -0.25) is 9.78 Å². The highest BCUT2D eigenvalue weighted by molar-refractivity contribution is 7.90. The number of pyridine rings is 2. The Hall–Kier alpha value is -3.55. The number of anilines is 1. The van der Waals surface area contributed by atoms with Gasteiger partial charge in [0.05, 0.1) is 42.0 Å². The lowest BCUT2D eigenvalue weighted by molar-refractivity contribution is -0.0152. The van der Waals surface area contributed by atoms with Crippen LogP contribution in [-0.2, 0) is 14.6 Å². The molecule has 3 N–H and O–H groups in total. The Bertz CT molecular complexity index is 1550. The van der Waals surface area contributed by atoms with Crippen LogP contribution in [0.25, 0.3) is 11.3 Å². The summed E-state index contributed by atoms with van der Waals surface area (Å²) < 4.78 is 78.6. The molecule has 232 valence electrons. The van der Waals surface area contributed by atoms with Crippen molar-refractivity contribution in [1.82, 2.24) is 9.97 Å². The monoisotopic (exact) mass is 620 g/mol. The molecule has 13 heteroatoms. The van der Waals surface area contributed by atoms with E-state index in [2.05, 4.69) is 15.3 Å². The second-order valence-corrected chi connectivity index (χ2v) is 13.4. The third kappa shape index (κ3) is 8.09. The lowest BCUT2D eigenvalue weighted by Gasteiger charge is -2.39. The van der Waals surface area contributed by atoms with Gasteiger partial charge in [0.15, 0.2) is 0 Å². The van der Waals surface area contributed by atoms with Gasteiger partial charge in [0.1, 0.15) is 44.4 Å². The number of sulfone groups is 1. The first kappa shape index (κ1) is 32.4. The number of ether oxygens (including phenoxy) is 2. The van der Waals surface area contributed by atoms with Crippen molar-refractivity contribution >= 4 is 21.4 Å². The van der Waals surface area contributed by atoms with Gasteiger partial charge in [0.2, 0.25) is 0 Å². The number of benzene rings is 1. The lowest BCUT2D eigenvalue weighted by Crippen LogP contribution is -2.47. The molecule has 0 bridgehead atoms. The van der Waals surface area contributed by atoms with E-state index in [4.69, 9.17) is 15.2 Å². The van der Waals surface area contributed by atoms with E-state index in [9.17, 15) is 26.4 Å². The van der Waals surface area contributed by atoms with Gasteiger partial charge in [-0.15, -0.1) is 0 Å². The molecule has 3 aromatic rings. The van der Waals surface area contributed by atoms with Crippen LogP contribution in [-0.4, -0.2) is 61.2 Å². The molecule has 1 aliphatic rings. The topological polar surface area (TPSA) is 134 Å². The molecule has 2 aromatic heterocycles. The summed E-state index contributed by atoms with van der Waals surface area (Å²) in [6.45, 7) is 5.42. The fourth-order valence-electron chi connectivity index (χ4n) is 5.35. The lowest BCUT2D eigenvalue weighted by atomic mass is 9.74. The molecule has 0 saturated heterocycles. The summed E-state index contributed by atoms with van der Waals surface area (Å²) >= 11 is 0. The van der Waals surface area contributed by atoms with Crippen molar-refractivity contribution in [2.24, 2.45) is 11.7 Å². The normalized spacial score (nSPS) is 20.7. The van der Waals surface area contributed by atoms with Crippen molar-refractivity contribution < 1.29 is 35.9 Å². The second kappa shape index (κ2) is 13.4. The van der Waals surface area contributed by atoms with Crippen molar-refractivity contribution in [3.63, 3.8) is 0 Å². The SMILES string of the molecule is CC(C)Oc1cc(F)c(-c2nc(C(=O)Nc3cnccc3[C@H]3C[C@@H](N)[C@@H](OCCS(C)(=O)=O)[C@@H](C)C3)ccc2F)c(F)c1. The van der Waals surface area contributed by atoms with Gasteiger partial charge in [-0.1, -0.05) is 6.92 Å². The quantitative estimate of drug-likeness (QED) is 0.328. The van der Waals surface area contributed by atoms with Crippen LogP contribution in [0, 0.1) is 23.4 Å². The van der Waals surface area contributed by atoms with E-state index in [0.717, 1.165) is 36.1 Å². The minimum absolute atomic E-state index is 0.00605. The minimum Gasteiger partial charge on any atom is -0.491 e. The molecule has 0 unspecified atom stereocenters. The van der Waals surface area contributed by atoms with Gasteiger partial charge in [-0.05, 0) is 62.3 Å². The predicted octanol–water partition coefficient (Wildman–Crippen LogP) is 4.87. The Morgan fingerprint density at radius 3 is 2.44 bits per heavy atom. The zero-order valence-corrected chi connectivity index (χ0v) is 25.1. The summed E-state index contributed by atoms with van der Waals surface area (Å²) in [5.41, 5.74) is 5.95. The fraction of sp³-hybridized carbons (Fsp3) is 0.433. The van der Waals surface area contributed by atoms with Crippen molar-refractivity contribution in [3.05, 3.63) is 71.4 Å². The highest BCUT2D eigenvalue weighted by atomic mass is 32.2.